The Bertz CT molecular complexity index is 959. The third-order valence-electron chi connectivity index (χ3n) is 6.39. The van der Waals surface area contributed by atoms with Crippen molar-refractivity contribution in [2.24, 2.45) is 11.8 Å². The lowest BCUT2D eigenvalue weighted by Crippen LogP contribution is -2.44. The van der Waals surface area contributed by atoms with Crippen LogP contribution in [0.2, 0.25) is 0 Å². The average molecular weight is 491 g/mol. The van der Waals surface area contributed by atoms with Crippen LogP contribution in [-0.4, -0.2) is 50.3 Å². The number of carbonyl (C=O) groups is 2. The molecule has 0 bridgehead atoms. The number of sulfonamides is 1. The molecular formula is C22H29F3N2O5S. The number of benzene rings is 1. The molecule has 184 valence electrons. The molecule has 1 heterocycles. The predicted octanol–water partition coefficient (Wildman–Crippen LogP) is 3.34. The largest absolute Gasteiger partial charge is 0.455 e. The fraction of sp³-hybridized carbons (Fsp3) is 0.636. The van der Waals surface area contributed by atoms with Crippen LogP contribution in [0.4, 0.5) is 13.2 Å². The highest BCUT2D eigenvalue weighted by Gasteiger charge is 2.35. The van der Waals surface area contributed by atoms with E-state index in [1.165, 1.54) is 0 Å². The molecule has 1 saturated heterocycles. The lowest BCUT2D eigenvalue weighted by atomic mass is 9.86. The van der Waals surface area contributed by atoms with Gasteiger partial charge in [0.15, 0.2) is 6.61 Å². The summed E-state index contributed by atoms with van der Waals surface area (Å²) in [6, 6.07) is 3.68. The van der Waals surface area contributed by atoms with Crippen molar-refractivity contribution in [2.75, 3.05) is 19.7 Å². The van der Waals surface area contributed by atoms with Crippen molar-refractivity contribution in [2.45, 2.75) is 62.6 Å². The van der Waals surface area contributed by atoms with E-state index in [0.717, 1.165) is 48.2 Å². The highest BCUT2D eigenvalue weighted by Crippen LogP contribution is 2.32. The summed E-state index contributed by atoms with van der Waals surface area (Å²) in [5.41, 5.74) is -1.04. The maximum atomic E-state index is 12.9. The lowest BCUT2D eigenvalue weighted by molar-refractivity contribution is -0.154. The van der Waals surface area contributed by atoms with E-state index < -0.39 is 38.5 Å². The Hall–Kier alpha value is -2.14. The summed E-state index contributed by atoms with van der Waals surface area (Å²) in [4.78, 5) is 24.0. The summed E-state index contributed by atoms with van der Waals surface area (Å²) < 4.78 is 70.5. The molecule has 1 aromatic carbocycles. The van der Waals surface area contributed by atoms with Gasteiger partial charge in [-0.3, -0.25) is 9.59 Å². The standard InChI is InChI=1S/C22H29F3N2O5S/c1-15-5-2-3-8-19(15)26-20(28)14-32-21(29)16-9-11-27(12-10-16)33(30,31)18-7-4-6-17(13-18)22(23,24)25/h4,6-7,13,15-16,19H,2-3,5,8-12,14H2,1H3,(H,26,28). The summed E-state index contributed by atoms with van der Waals surface area (Å²) in [5.74, 6) is -1.12. The Morgan fingerprint density at radius 1 is 1.12 bits per heavy atom. The molecule has 1 aromatic rings. The van der Waals surface area contributed by atoms with Crippen molar-refractivity contribution in [3.05, 3.63) is 29.8 Å². The number of esters is 1. The van der Waals surface area contributed by atoms with Crippen molar-refractivity contribution in [3.63, 3.8) is 0 Å². The Morgan fingerprint density at radius 3 is 2.42 bits per heavy atom. The molecule has 1 amide bonds. The molecule has 1 saturated carbocycles. The van der Waals surface area contributed by atoms with Crippen molar-refractivity contribution in [1.82, 2.24) is 9.62 Å². The first-order valence-electron chi connectivity index (χ1n) is 11.1. The van der Waals surface area contributed by atoms with Crippen LogP contribution in [0.25, 0.3) is 0 Å². The maximum Gasteiger partial charge on any atom is 0.416 e. The zero-order chi connectivity index (χ0) is 24.2. The van der Waals surface area contributed by atoms with Crippen LogP contribution in [0.5, 0.6) is 0 Å². The molecule has 1 aliphatic heterocycles. The Balaban J connectivity index is 1.50. The number of nitrogens with zero attached hydrogens (tertiary/aromatic N) is 1. The lowest BCUT2D eigenvalue weighted by Gasteiger charge is -2.30. The smallest absolute Gasteiger partial charge is 0.416 e. The molecular weight excluding hydrogens is 461 g/mol. The van der Waals surface area contributed by atoms with Crippen LogP contribution in [0, 0.1) is 11.8 Å². The molecule has 2 aliphatic rings. The highest BCUT2D eigenvalue weighted by atomic mass is 32.2. The molecule has 3 rings (SSSR count). The number of nitrogens with one attached hydrogen (secondary N) is 1. The normalized spacial score (nSPS) is 23.2. The molecule has 1 N–H and O–H groups in total. The topological polar surface area (TPSA) is 92.8 Å². The van der Waals surface area contributed by atoms with Gasteiger partial charge in [-0.25, -0.2) is 8.42 Å². The first-order valence-corrected chi connectivity index (χ1v) is 12.6. The van der Waals surface area contributed by atoms with Crippen molar-refractivity contribution >= 4 is 21.9 Å². The number of alkyl halides is 3. The van der Waals surface area contributed by atoms with Gasteiger partial charge < -0.3 is 10.1 Å². The fourth-order valence-corrected chi connectivity index (χ4v) is 5.86. The minimum Gasteiger partial charge on any atom is -0.455 e. The third-order valence-corrected chi connectivity index (χ3v) is 8.28. The van der Waals surface area contributed by atoms with E-state index >= 15 is 0 Å². The van der Waals surface area contributed by atoms with Gasteiger partial charge in [-0.15, -0.1) is 0 Å². The highest BCUT2D eigenvalue weighted by molar-refractivity contribution is 7.89. The molecule has 11 heteroatoms. The number of hydrogen-bond donors (Lipinski definition) is 1. The molecule has 7 nitrogen and oxygen atoms in total. The van der Waals surface area contributed by atoms with E-state index in [9.17, 15) is 31.2 Å². The van der Waals surface area contributed by atoms with Crippen molar-refractivity contribution in [1.29, 1.82) is 0 Å². The minimum atomic E-state index is -4.65. The van der Waals surface area contributed by atoms with Gasteiger partial charge in [0.2, 0.25) is 10.0 Å². The van der Waals surface area contributed by atoms with E-state index in [0.29, 0.717) is 12.0 Å². The van der Waals surface area contributed by atoms with Crippen LogP contribution in [0.15, 0.2) is 29.2 Å². The molecule has 33 heavy (non-hydrogen) atoms. The molecule has 2 unspecified atom stereocenters. The fourth-order valence-electron chi connectivity index (χ4n) is 4.35. The van der Waals surface area contributed by atoms with Gasteiger partial charge >= 0.3 is 12.1 Å². The van der Waals surface area contributed by atoms with Crippen LogP contribution >= 0.6 is 0 Å². The van der Waals surface area contributed by atoms with Gasteiger partial charge in [-0.1, -0.05) is 25.8 Å². The van der Waals surface area contributed by atoms with E-state index in [1.54, 1.807) is 0 Å². The van der Waals surface area contributed by atoms with Crippen LogP contribution in [-0.2, 0) is 30.5 Å². The molecule has 0 radical (unpaired) electrons. The number of hydrogen-bond acceptors (Lipinski definition) is 5. The molecule has 1 aliphatic carbocycles. The summed E-state index contributed by atoms with van der Waals surface area (Å²) >= 11 is 0. The van der Waals surface area contributed by atoms with E-state index in [4.69, 9.17) is 4.74 Å². The monoisotopic (exact) mass is 490 g/mol. The van der Waals surface area contributed by atoms with E-state index in [2.05, 4.69) is 12.2 Å². The zero-order valence-corrected chi connectivity index (χ0v) is 19.3. The first kappa shape index (κ1) is 25.5. The second-order valence-corrected chi connectivity index (χ2v) is 10.7. The molecule has 2 fully saturated rings. The number of piperidine rings is 1. The Morgan fingerprint density at radius 2 is 1.79 bits per heavy atom. The van der Waals surface area contributed by atoms with Gasteiger partial charge in [-0.2, -0.15) is 17.5 Å². The maximum absolute atomic E-state index is 12.9. The van der Waals surface area contributed by atoms with Gasteiger partial charge in [0.05, 0.1) is 16.4 Å². The molecule has 2 atom stereocenters. The third kappa shape index (κ3) is 6.47. The molecule has 0 aromatic heterocycles. The summed E-state index contributed by atoms with van der Waals surface area (Å²) in [6.45, 7) is 1.65. The molecule has 0 spiro atoms. The van der Waals surface area contributed by atoms with Crippen LogP contribution in [0.1, 0.15) is 51.0 Å². The second-order valence-electron chi connectivity index (χ2n) is 8.75. The summed E-state index contributed by atoms with van der Waals surface area (Å²) in [7, 11) is -4.12. The van der Waals surface area contributed by atoms with Crippen LogP contribution < -0.4 is 5.32 Å². The van der Waals surface area contributed by atoms with Gasteiger partial charge in [0, 0.05) is 19.1 Å². The number of halogens is 3. The van der Waals surface area contributed by atoms with Crippen molar-refractivity contribution in [3.8, 4) is 0 Å². The number of carbonyl (C=O) groups excluding carboxylic acids is 2. The quantitative estimate of drug-likeness (QED) is 0.618. The Kier molecular flexibility index (Phi) is 8.04. The van der Waals surface area contributed by atoms with E-state index in [-0.39, 0.29) is 44.5 Å². The van der Waals surface area contributed by atoms with Crippen LogP contribution in [0.3, 0.4) is 0 Å². The Labute approximate surface area is 191 Å². The first-order chi connectivity index (χ1) is 15.5. The SMILES string of the molecule is CC1CCCCC1NC(=O)COC(=O)C1CCN(S(=O)(=O)c2cccc(C(F)(F)F)c2)CC1. The number of rotatable bonds is 6. The number of ether oxygens (including phenoxy) is 1. The van der Waals surface area contributed by atoms with Gasteiger partial charge in [0.25, 0.3) is 5.91 Å². The summed E-state index contributed by atoms with van der Waals surface area (Å²) in [5, 5.41) is 2.90. The minimum absolute atomic E-state index is 0.0237. The van der Waals surface area contributed by atoms with E-state index in [1.807, 2.05) is 0 Å². The number of amides is 1. The van der Waals surface area contributed by atoms with Crippen molar-refractivity contribution < 1.29 is 35.9 Å². The zero-order valence-electron chi connectivity index (χ0n) is 18.4. The average Bonchev–Trinajstić information content (AvgIpc) is 2.78. The van der Waals surface area contributed by atoms with Gasteiger partial charge in [0.1, 0.15) is 0 Å². The van der Waals surface area contributed by atoms with Gasteiger partial charge in [-0.05, 0) is 49.8 Å². The predicted molar refractivity (Wildman–Crippen MR) is 113 cm³/mol. The summed E-state index contributed by atoms with van der Waals surface area (Å²) in [6.07, 6.45) is -0.172. The second kappa shape index (κ2) is 10.4.